The van der Waals surface area contributed by atoms with Crippen molar-refractivity contribution in [1.82, 2.24) is 9.55 Å². The average molecular weight is 300 g/mol. The topological polar surface area (TPSA) is 43.8 Å². The van der Waals surface area contributed by atoms with Crippen molar-refractivity contribution in [2.24, 2.45) is 5.73 Å². The van der Waals surface area contributed by atoms with Crippen LogP contribution in [0.4, 0.5) is 0 Å². The molecular weight excluding hydrogens is 282 g/mol. The van der Waals surface area contributed by atoms with Crippen LogP contribution >= 0.6 is 11.6 Å². The van der Waals surface area contributed by atoms with Crippen LogP contribution in [0.1, 0.15) is 16.8 Å². The summed E-state index contributed by atoms with van der Waals surface area (Å²) < 4.78 is 2.26. The van der Waals surface area contributed by atoms with E-state index >= 15 is 0 Å². The Hall–Kier alpha value is -1.84. The molecule has 0 saturated carbocycles. The Bertz CT molecular complexity index is 777. The fraction of sp³-hybridized carbons (Fsp3) is 0.235. The number of benzene rings is 1. The molecule has 2 N–H and O–H groups in total. The van der Waals surface area contributed by atoms with Crippen LogP contribution in [0.25, 0.3) is 10.9 Å². The van der Waals surface area contributed by atoms with Gasteiger partial charge in [-0.2, -0.15) is 0 Å². The second kappa shape index (κ2) is 5.88. The van der Waals surface area contributed by atoms with E-state index in [1.807, 2.05) is 25.3 Å². The first kappa shape index (κ1) is 14.1. The van der Waals surface area contributed by atoms with E-state index in [0.29, 0.717) is 6.54 Å². The lowest BCUT2D eigenvalue weighted by Gasteiger charge is -2.06. The number of hydrogen-bond donors (Lipinski definition) is 1. The monoisotopic (exact) mass is 299 g/mol. The van der Waals surface area contributed by atoms with E-state index in [-0.39, 0.29) is 0 Å². The second-order valence-electron chi connectivity index (χ2n) is 5.29. The Morgan fingerprint density at radius 3 is 2.86 bits per heavy atom. The smallest absolute Gasteiger partial charge is 0.0487 e. The molecule has 0 aliphatic heterocycles. The lowest BCUT2D eigenvalue weighted by Crippen LogP contribution is -2.02. The minimum Gasteiger partial charge on any atom is -0.343 e. The molecule has 108 valence electrons. The molecule has 1 aromatic carbocycles. The third-order valence-electron chi connectivity index (χ3n) is 3.65. The van der Waals surface area contributed by atoms with Crippen LogP contribution in [0.3, 0.4) is 0 Å². The van der Waals surface area contributed by atoms with E-state index < -0.39 is 0 Å². The van der Waals surface area contributed by atoms with Gasteiger partial charge in [0.2, 0.25) is 0 Å². The normalized spacial score (nSPS) is 11.2. The predicted octanol–water partition coefficient (Wildman–Crippen LogP) is 3.55. The minimum absolute atomic E-state index is 0.639. The highest BCUT2D eigenvalue weighted by atomic mass is 35.5. The summed E-state index contributed by atoms with van der Waals surface area (Å²) in [5, 5.41) is 1.96. The molecule has 2 aromatic heterocycles. The van der Waals surface area contributed by atoms with Crippen LogP contribution in [0.15, 0.2) is 42.7 Å². The third kappa shape index (κ3) is 2.94. The van der Waals surface area contributed by atoms with E-state index in [9.17, 15) is 0 Å². The Kier molecular flexibility index (Phi) is 3.95. The van der Waals surface area contributed by atoms with E-state index in [2.05, 4.69) is 33.9 Å². The van der Waals surface area contributed by atoms with Crippen LogP contribution in [0.5, 0.6) is 0 Å². The average Bonchev–Trinajstić information content (AvgIpc) is 2.77. The predicted molar refractivity (Wildman–Crippen MR) is 87.8 cm³/mol. The summed E-state index contributed by atoms with van der Waals surface area (Å²) in [5.41, 5.74) is 10.4. The highest BCUT2D eigenvalue weighted by Crippen LogP contribution is 2.26. The zero-order valence-electron chi connectivity index (χ0n) is 12.0. The maximum atomic E-state index is 6.13. The lowest BCUT2D eigenvalue weighted by atomic mass is 10.1. The van der Waals surface area contributed by atoms with Crippen LogP contribution in [0, 0.1) is 6.92 Å². The number of aryl methyl sites for hydroxylation is 1. The molecule has 0 atom stereocenters. The van der Waals surface area contributed by atoms with Crippen LogP contribution in [-0.2, 0) is 13.0 Å². The molecule has 2 heterocycles. The van der Waals surface area contributed by atoms with E-state index in [0.717, 1.165) is 23.7 Å². The number of rotatable bonds is 4. The van der Waals surface area contributed by atoms with Gasteiger partial charge in [-0.1, -0.05) is 11.6 Å². The van der Waals surface area contributed by atoms with Gasteiger partial charge in [-0.15, -0.1) is 0 Å². The van der Waals surface area contributed by atoms with Crippen molar-refractivity contribution in [3.8, 4) is 0 Å². The third-order valence-corrected chi connectivity index (χ3v) is 3.89. The summed E-state index contributed by atoms with van der Waals surface area (Å²) in [6.45, 7) is 3.48. The van der Waals surface area contributed by atoms with Crippen molar-refractivity contribution in [2.45, 2.75) is 19.9 Å². The van der Waals surface area contributed by atoms with E-state index in [1.54, 1.807) is 0 Å². The summed E-state index contributed by atoms with van der Waals surface area (Å²) in [6.07, 6.45) is 4.90. The zero-order chi connectivity index (χ0) is 14.8. The van der Waals surface area contributed by atoms with E-state index in [4.69, 9.17) is 17.3 Å². The van der Waals surface area contributed by atoms with Gasteiger partial charge in [-0.05, 0) is 61.3 Å². The van der Waals surface area contributed by atoms with Gasteiger partial charge < -0.3 is 10.3 Å². The molecule has 21 heavy (non-hydrogen) atoms. The quantitative estimate of drug-likeness (QED) is 0.800. The van der Waals surface area contributed by atoms with Crippen LogP contribution in [-0.4, -0.2) is 16.1 Å². The number of aromatic nitrogens is 2. The van der Waals surface area contributed by atoms with Gasteiger partial charge in [0, 0.05) is 40.6 Å². The van der Waals surface area contributed by atoms with Gasteiger partial charge >= 0.3 is 0 Å². The summed E-state index contributed by atoms with van der Waals surface area (Å²) >= 11 is 6.13. The van der Waals surface area contributed by atoms with Crippen molar-refractivity contribution in [3.63, 3.8) is 0 Å². The molecule has 3 aromatic rings. The number of hydrogen-bond acceptors (Lipinski definition) is 2. The molecule has 3 rings (SSSR count). The molecule has 3 nitrogen and oxygen atoms in total. The van der Waals surface area contributed by atoms with Crippen LogP contribution in [0.2, 0.25) is 5.02 Å². The van der Waals surface area contributed by atoms with Crippen molar-refractivity contribution in [2.75, 3.05) is 6.54 Å². The molecule has 0 saturated heterocycles. The van der Waals surface area contributed by atoms with Crippen molar-refractivity contribution in [3.05, 3.63) is 64.6 Å². The van der Waals surface area contributed by atoms with Gasteiger partial charge in [-0.3, -0.25) is 4.98 Å². The summed E-state index contributed by atoms with van der Waals surface area (Å²) in [6, 6.07) is 10.2. The maximum Gasteiger partial charge on any atom is 0.0487 e. The Labute approximate surface area is 129 Å². The van der Waals surface area contributed by atoms with Crippen molar-refractivity contribution in [1.29, 1.82) is 0 Å². The molecule has 0 fully saturated rings. The Balaban J connectivity index is 2.05. The molecule has 0 spiro atoms. The second-order valence-corrected chi connectivity index (χ2v) is 5.72. The number of pyridine rings is 1. The highest BCUT2D eigenvalue weighted by Gasteiger charge is 2.09. The molecule has 0 unspecified atom stereocenters. The fourth-order valence-electron chi connectivity index (χ4n) is 2.73. The molecule has 0 radical (unpaired) electrons. The highest BCUT2D eigenvalue weighted by molar-refractivity contribution is 6.31. The van der Waals surface area contributed by atoms with Gasteiger partial charge in [0.1, 0.15) is 0 Å². The standard InChI is InChI=1S/C17H18ClN3/c1-12-8-13(5-7-20-12)10-21-11-14(4-6-19)16-9-15(18)2-3-17(16)21/h2-3,5,7-9,11H,4,6,10,19H2,1H3. The zero-order valence-corrected chi connectivity index (χ0v) is 12.8. The van der Waals surface area contributed by atoms with Gasteiger partial charge in [-0.25, -0.2) is 0 Å². The lowest BCUT2D eigenvalue weighted by molar-refractivity contribution is 0.823. The molecule has 0 aliphatic carbocycles. The minimum atomic E-state index is 0.639. The first-order valence-electron chi connectivity index (χ1n) is 7.06. The molecule has 0 amide bonds. The number of fused-ring (bicyclic) bond motifs is 1. The number of halogens is 1. The SMILES string of the molecule is Cc1cc(Cn2cc(CCN)c3cc(Cl)ccc32)ccn1. The largest absolute Gasteiger partial charge is 0.343 e. The van der Waals surface area contributed by atoms with Crippen LogP contribution < -0.4 is 5.73 Å². The maximum absolute atomic E-state index is 6.13. The van der Waals surface area contributed by atoms with E-state index in [1.165, 1.54) is 22.0 Å². The Morgan fingerprint density at radius 1 is 1.24 bits per heavy atom. The van der Waals surface area contributed by atoms with Crippen molar-refractivity contribution < 1.29 is 0 Å². The molecule has 0 bridgehead atoms. The molecule has 0 aliphatic rings. The first-order chi connectivity index (χ1) is 10.2. The molecular formula is C17H18ClN3. The summed E-state index contributed by atoms with van der Waals surface area (Å²) in [5.74, 6) is 0. The summed E-state index contributed by atoms with van der Waals surface area (Å²) in [7, 11) is 0. The number of nitrogens with zero attached hydrogens (tertiary/aromatic N) is 2. The van der Waals surface area contributed by atoms with Gasteiger partial charge in [0.15, 0.2) is 0 Å². The fourth-order valence-corrected chi connectivity index (χ4v) is 2.90. The number of nitrogens with two attached hydrogens (primary N) is 1. The molecule has 4 heteroatoms. The Morgan fingerprint density at radius 2 is 2.10 bits per heavy atom. The summed E-state index contributed by atoms with van der Waals surface area (Å²) in [4.78, 5) is 4.25. The first-order valence-corrected chi connectivity index (χ1v) is 7.44. The van der Waals surface area contributed by atoms with Crippen molar-refractivity contribution >= 4 is 22.5 Å². The van der Waals surface area contributed by atoms with Gasteiger partial charge in [0.25, 0.3) is 0 Å². The van der Waals surface area contributed by atoms with Gasteiger partial charge in [0.05, 0.1) is 0 Å².